The molecule has 0 radical (unpaired) electrons. The Morgan fingerprint density at radius 2 is 1.84 bits per heavy atom. The topological polar surface area (TPSA) is 29.3 Å². The highest BCUT2D eigenvalue weighted by molar-refractivity contribution is 7.80. The molecule has 98 valence electrons. The molecule has 0 saturated carbocycles. The van der Waals surface area contributed by atoms with Crippen LogP contribution in [0.4, 0.5) is 15.8 Å². The smallest absolute Gasteiger partial charge is 0.123 e. The van der Waals surface area contributed by atoms with Gasteiger partial charge in [0.05, 0.1) is 5.69 Å². The minimum absolute atomic E-state index is 0.280. The summed E-state index contributed by atoms with van der Waals surface area (Å²) < 4.78 is 12.9. The molecule has 0 amide bonds. The molecule has 0 bridgehead atoms. The fourth-order valence-electron chi connectivity index (χ4n) is 1.79. The molecule has 0 heterocycles. The maximum absolute atomic E-state index is 12.9. The van der Waals surface area contributed by atoms with Gasteiger partial charge in [0, 0.05) is 23.3 Å². The molecule has 0 aliphatic rings. The van der Waals surface area contributed by atoms with Crippen LogP contribution in [-0.4, -0.2) is 12.0 Å². The van der Waals surface area contributed by atoms with Gasteiger partial charge in [-0.25, -0.2) is 4.39 Å². The van der Waals surface area contributed by atoms with E-state index in [0.29, 0.717) is 10.0 Å². The van der Waals surface area contributed by atoms with Gasteiger partial charge in [-0.15, -0.1) is 0 Å². The SMILES string of the molecule is CN(c1ccc(F)cc1)c1cc(Cl)ccc1C(N)=S. The van der Waals surface area contributed by atoms with E-state index in [1.165, 1.54) is 12.1 Å². The Labute approximate surface area is 121 Å². The Bertz CT molecular complexity index is 613. The molecule has 0 aliphatic carbocycles. The fourth-order valence-corrected chi connectivity index (χ4v) is 2.13. The Morgan fingerprint density at radius 1 is 1.21 bits per heavy atom. The third-order valence-corrected chi connectivity index (χ3v) is 3.26. The summed E-state index contributed by atoms with van der Waals surface area (Å²) in [6, 6.07) is 11.4. The molecule has 0 unspecified atom stereocenters. The van der Waals surface area contributed by atoms with Crippen LogP contribution in [-0.2, 0) is 0 Å². The second-order valence-electron chi connectivity index (χ2n) is 4.06. The van der Waals surface area contributed by atoms with Gasteiger partial charge < -0.3 is 10.6 Å². The Hall–Kier alpha value is -1.65. The van der Waals surface area contributed by atoms with Gasteiger partial charge in [0.2, 0.25) is 0 Å². The minimum atomic E-state index is -0.280. The molecule has 5 heteroatoms. The summed E-state index contributed by atoms with van der Waals surface area (Å²) in [5, 5.41) is 0.587. The van der Waals surface area contributed by atoms with E-state index in [-0.39, 0.29) is 5.82 Å². The molecule has 2 rings (SSSR count). The summed E-state index contributed by atoms with van der Waals surface area (Å²) in [6.45, 7) is 0. The molecule has 0 saturated heterocycles. The molecular weight excluding hydrogens is 283 g/mol. The third kappa shape index (κ3) is 3.03. The van der Waals surface area contributed by atoms with Crippen LogP contribution in [0.1, 0.15) is 5.56 Å². The Balaban J connectivity index is 2.48. The number of benzene rings is 2. The van der Waals surface area contributed by atoms with Gasteiger partial charge >= 0.3 is 0 Å². The standard InChI is InChI=1S/C14H12ClFN2S/c1-18(11-5-3-10(16)4-6-11)13-8-9(15)2-7-12(13)14(17)19/h2-8H,1H3,(H2,17,19). The summed E-state index contributed by atoms with van der Waals surface area (Å²) in [6.07, 6.45) is 0. The number of anilines is 2. The fraction of sp³-hybridized carbons (Fsp3) is 0.0714. The lowest BCUT2D eigenvalue weighted by atomic mass is 10.1. The van der Waals surface area contributed by atoms with E-state index < -0.39 is 0 Å². The molecule has 2 nitrogen and oxygen atoms in total. The molecule has 0 spiro atoms. The zero-order valence-corrected chi connectivity index (χ0v) is 11.8. The van der Waals surface area contributed by atoms with Crippen LogP contribution < -0.4 is 10.6 Å². The quantitative estimate of drug-likeness (QED) is 0.871. The number of rotatable bonds is 3. The molecule has 2 aromatic carbocycles. The Kier molecular flexibility index (Phi) is 4.02. The minimum Gasteiger partial charge on any atom is -0.389 e. The summed E-state index contributed by atoms with van der Waals surface area (Å²) in [5.74, 6) is -0.280. The second-order valence-corrected chi connectivity index (χ2v) is 4.94. The lowest BCUT2D eigenvalue weighted by Crippen LogP contribution is -2.17. The largest absolute Gasteiger partial charge is 0.389 e. The molecule has 0 fully saturated rings. The van der Waals surface area contributed by atoms with E-state index in [9.17, 15) is 4.39 Å². The monoisotopic (exact) mass is 294 g/mol. The van der Waals surface area contributed by atoms with Crippen molar-refractivity contribution in [2.24, 2.45) is 5.73 Å². The first-order valence-electron chi connectivity index (χ1n) is 5.57. The number of halogens is 2. The van der Waals surface area contributed by atoms with Crippen molar-refractivity contribution >= 4 is 40.2 Å². The summed E-state index contributed by atoms with van der Waals surface area (Å²) in [5.41, 5.74) is 8.04. The average Bonchev–Trinajstić information content (AvgIpc) is 2.38. The highest BCUT2D eigenvalue weighted by Crippen LogP contribution is 2.29. The number of nitrogens with zero attached hydrogens (tertiary/aromatic N) is 1. The maximum Gasteiger partial charge on any atom is 0.123 e. The zero-order valence-electron chi connectivity index (χ0n) is 10.2. The van der Waals surface area contributed by atoms with E-state index in [1.54, 1.807) is 30.3 Å². The number of hydrogen-bond donors (Lipinski definition) is 1. The predicted molar refractivity (Wildman–Crippen MR) is 81.8 cm³/mol. The summed E-state index contributed by atoms with van der Waals surface area (Å²) >= 11 is 11.0. The van der Waals surface area contributed by atoms with Crippen molar-refractivity contribution in [3.8, 4) is 0 Å². The molecule has 0 atom stereocenters. The lowest BCUT2D eigenvalue weighted by Gasteiger charge is -2.22. The molecule has 2 N–H and O–H groups in total. The van der Waals surface area contributed by atoms with Crippen LogP contribution in [0.5, 0.6) is 0 Å². The molecule has 0 aromatic heterocycles. The summed E-state index contributed by atoms with van der Waals surface area (Å²) in [4.78, 5) is 2.15. The Morgan fingerprint density at radius 3 is 2.42 bits per heavy atom. The van der Waals surface area contributed by atoms with E-state index in [2.05, 4.69) is 0 Å². The van der Waals surface area contributed by atoms with Crippen LogP contribution in [0.3, 0.4) is 0 Å². The first-order chi connectivity index (χ1) is 8.99. The second kappa shape index (κ2) is 5.55. The number of thiocarbonyl (C=S) groups is 1. The van der Waals surface area contributed by atoms with Crippen LogP contribution in [0.15, 0.2) is 42.5 Å². The molecule has 2 aromatic rings. The van der Waals surface area contributed by atoms with E-state index in [4.69, 9.17) is 29.6 Å². The third-order valence-electron chi connectivity index (χ3n) is 2.80. The van der Waals surface area contributed by atoms with Crippen molar-refractivity contribution in [3.63, 3.8) is 0 Å². The van der Waals surface area contributed by atoms with Gasteiger partial charge in [-0.2, -0.15) is 0 Å². The number of nitrogens with two attached hydrogens (primary N) is 1. The van der Waals surface area contributed by atoms with E-state index >= 15 is 0 Å². The zero-order chi connectivity index (χ0) is 14.0. The van der Waals surface area contributed by atoms with Gasteiger partial charge in [0.25, 0.3) is 0 Å². The van der Waals surface area contributed by atoms with Gasteiger partial charge in [-0.1, -0.05) is 23.8 Å². The lowest BCUT2D eigenvalue weighted by molar-refractivity contribution is 0.628. The van der Waals surface area contributed by atoms with Crippen LogP contribution in [0.25, 0.3) is 0 Å². The van der Waals surface area contributed by atoms with Crippen LogP contribution in [0.2, 0.25) is 5.02 Å². The summed E-state index contributed by atoms with van der Waals surface area (Å²) in [7, 11) is 1.85. The predicted octanol–water partition coefficient (Wildman–Crippen LogP) is 3.88. The van der Waals surface area contributed by atoms with E-state index in [1.807, 2.05) is 11.9 Å². The van der Waals surface area contributed by atoms with Gasteiger partial charge in [-0.3, -0.25) is 0 Å². The van der Waals surface area contributed by atoms with Gasteiger partial charge in [-0.05, 0) is 42.5 Å². The normalized spacial score (nSPS) is 10.3. The molecular formula is C14H12ClFN2S. The van der Waals surface area contributed by atoms with Gasteiger partial charge in [0.15, 0.2) is 0 Å². The van der Waals surface area contributed by atoms with Crippen LogP contribution in [0, 0.1) is 5.82 Å². The van der Waals surface area contributed by atoms with Crippen molar-refractivity contribution in [1.29, 1.82) is 0 Å². The molecule has 19 heavy (non-hydrogen) atoms. The highest BCUT2D eigenvalue weighted by atomic mass is 35.5. The van der Waals surface area contributed by atoms with Crippen molar-refractivity contribution in [2.45, 2.75) is 0 Å². The first kappa shape index (κ1) is 13.8. The first-order valence-corrected chi connectivity index (χ1v) is 6.36. The van der Waals surface area contributed by atoms with Crippen molar-refractivity contribution < 1.29 is 4.39 Å². The van der Waals surface area contributed by atoms with Crippen molar-refractivity contribution in [2.75, 3.05) is 11.9 Å². The number of hydrogen-bond acceptors (Lipinski definition) is 2. The van der Waals surface area contributed by atoms with Gasteiger partial charge in [0.1, 0.15) is 10.8 Å². The average molecular weight is 295 g/mol. The molecule has 0 aliphatic heterocycles. The van der Waals surface area contributed by atoms with Crippen molar-refractivity contribution in [3.05, 3.63) is 58.9 Å². The maximum atomic E-state index is 12.9. The highest BCUT2D eigenvalue weighted by Gasteiger charge is 2.12. The van der Waals surface area contributed by atoms with E-state index in [0.717, 1.165) is 16.9 Å². The van der Waals surface area contributed by atoms with Crippen LogP contribution >= 0.6 is 23.8 Å². The van der Waals surface area contributed by atoms with Crippen molar-refractivity contribution in [1.82, 2.24) is 0 Å².